The van der Waals surface area contributed by atoms with Gasteiger partial charge in [-0.1, -0.05) is 39.4 Å². The average molecular weight is 463 g/mol. The van der Waals surface area contributed by atoms with E-state index in [0.717, 1.165) is 44.2 Å². The second-order valence-corrected chi connectivity index (χ2v) is 9.13. The molecule has 1 fully saturated rings. The number of anilines is 1. The summed E-state index contributed by atoms with van der Waals surface area (Å²) < 4.78 is 7.88. The maximum atomic E-state index is 13.5. The van der Waals surface area contributed by atoms with Gasteiger partial charge in [-0.2, -0.15) is 0 Å². The highest BCUT2D eigenvalue weighted by molar-refractivity contribution is 9.10. The number of ether oxygens (including phenoxy) is 1. The van der Waals surface area contributed by atoms with Crippen molar-refractivity contribution in [3.63, 3.8) is 0 Å². The number of fused-ring (bicyclic) bond motifs is 1. The molecule has 2 heterocycles. The van der Waals surface area contributed by atoms with Crippen LogP contribution < -0.4 is 4.90 Å². The summed E-state index contributed by atoms with van der Waals surface area (Å²) >= 11 is 6.63. The summed E-state index contributed by atoms with van der Waals surface area (Å²) in [6, 6.07) is 13.7. The van der Waals surface area contributed by atoms with E-state index in [4.69, 9.17) is 9.72 Å². The summed E-state index contributed by atoms with van der Waals surface area (Å²) in [5, 5.41) is 0.722. The molecule has 140 valence electrons. The van der Waals surface area contributed by atoms with Crippen molar-refractivity contribution in [2.75, 3.05) is 24.3 Å². The Morgan fingerprint density at radius 2 is 2.22 bits per heavy atom. The molecule has 1 amide bonds. The van der Waals surface area contributed by atoms with E-state index in [1.165, 1.54) is 0 Å². The molecule has 1 unspecified atom stereocenters. The van der Waals surface area contributed by atoms with Gasteiger partial charge in [-0.3, -0.25) is 9.69 Å². The molecular weight excluding hydrogens is 444 g/mol. The van der Waals surface area contributed by atoms with E-state index in [1.807, 2.05) is 48.7 Å². The van der Waals surface area contributed by atoms with Gasteiger partial charge in [0.1, 0.15) is 0 Å². The second kappa shape index (κ2) is 8.31. The third kappa shape index (κ3) is 4.06. The first kappa shape index (κ1) is 18.9. The number of hydrogen-bond acceptors (Lipinski definition) is 5. The maximum Gasteiger partial charge on any atom is 0.261 e. The van der Waals surface area contributed by atoms with Gasteiger partial charge in [0.15, 0.2) is 5.13 Å². The fourth-order valence-corrected chi connectivity index (χ4v) is 5.32. The van der Waals surface area contributed by atoms with E-state index >= 15 is 0 Å². The van der Waals surface area contributed by atoms with Gasteiger partial charge in [-0.25, -0.2) is 4.98 Å². The van der Waals surface area contributed by atoms with E-state index < -0.39 is 0 Å². The molecule has 1 atom stereocenters. The van der Waals surface area contributed by atoms with E-state index in [1.54, 1.807) is 28.0 Å². The quantitative estimate of drug-likeness (QED) is 0.462. The fourth-order valence-electron chi connectivity index (χ4n) is 3.21. The molecular formula is C20H19BrN2O2S2. The van der Waals surface area contributed by atoms with Crippen molar-refractivity contribution in [1.29, 1.82) is 0 Å². The first-order valence-corrected chi connectivity index (χ1v) is 11.6. The number of benzene rings is 2. The van der Waals surface area contributed by atoms with Crippen LogP contribution in [-0.4, -0.2) is 36.4 Å². The molecule has 0 saturated carbocycles. The van der Waals surface area contributed by atoms with Crippen molar-refractivity contribution >= 4 is 60.3 Å². The van der Waals surface area contributed by atoms with Crippen LogP contribution in [-0.2, 0) is 4.74 Å². The number of carbonyl (C=O) groups is 1. The van der Waals surface area contributed by atoms with Crippen molar-refractivity contribution in [2.24, 2.45) is 0 Å². The number of rotatable bonds is 5. The molecule has 4 rings (SSSR count). The monoisotopic (exact) mass is 462 g/mol. The molecule has 0 aliphatic carbocycles. The van der Waals surface area contributed by atoms with Gasteiger partial charge >= 0.3 is 0 Å². The Kier molecular flexibility index (Phi) is 5.82. The number of aromatic nitrogens is 1. The predicted octanol–water partition coefficient (Wildman–Crippen LogP) is 5.61. The van der Waals surface area contributed by atoms with Crippen LogP contribution in [0, 0.1) is 0 Å². The zero-order valence-electron chi connectivity index (χ0n) is 14.9. The van der Waals surface area contributed by atoms with Gasteiger partial charge in [-0.15, -0.1) is 11.8 Å². The average Bonchev–Trinajstić information content (AvgIpc) is 3.34. The highest BCUT2D eigenvalue weighted by Gasteiger charge is 2.28. The lowest BCUT2D eigenvalue weighted by molar-refractivity contribution is 0.0915. The third-order valence-electron chi connectivity index (χ3n) is 4.56. The standard InChI is InChI=1S/C20H19BrN2O2S2/c1-26-17-7-3-2-6-15(17)19(24)23(12-14-5-4-10-25-14)20-22-16-9-8-13(21)11-18(16)27-20/h2-3,6-9,11,14H,4-5,10,12H2,1H3. The van der Waals surface area contributed by atoms with Gasteiger partial charge in [-0.05, 0) is 49.4 Å². The number of thiazole rings is 1. The largest absolute Gasteiger partial charge is 0.376 e. The summed E-state index contributed by atoms with van der Waals surface area (Å²) in [5.41, 5.74) is 1.62. The molecule has 0 bridgehead atoms. The number of thioether (sulfide) groups is 1. The Morgan fingerprint density at radius 3 is 3.00 bits per heavy atom. The Labute approximate surface area is 175 Å². The molecule has 1 saturated heterocycles. The number of halogens is 1. The van der Waals surface area contributed by atoms with E-state index in [2.05, 4.69) is 15.9 Å². The number of hydrogen-bond donors (Lipinski definition) is 0. The molecule has 4 nitrogen and oxygen atoms in total. The lowest BCUT2D eigenvalue weighted by atomic mass is 10.1. The van der Waals surface area contributed by atoms with Gasteiger partial charge in [0.05, 0.1) is 28.4 Å². The highest BCUT2D eigenvalue weighted by atomic mass is 79.9. The molecule has 0 N–H and O–H groups in total. The zero-order chi connectivity index (χ0) is 18.8. The van der Waals surface area contributed by atoms with Gasteiger partial charge in [0, 0.05) is 16.0 Å². The second-order valence-electron chi connectivity index (χ2n) is 6.36. The third-order valence-corrected chi connectivity index (χ3v) is 6.89. The van der Waals surface area contributed by atoms with Gasteiger partial charge in [0.2, 0.25) is 0 Å². The Hall–Kier alpha value is -1.41. The molecule has 1 aliphatic heterocycles. The number of amides is 1. The summed E-state index contributed by atoms with van der Waals surface area (Å²) in [5.74, 6) is -0.0198. The molecule has 0 radical (unpaired) electrons. The minimum absolute atomic E-state index is 0.0198. The summed E-state index contributed by atoms with van der Waals surface area (Å²) in [6.07, 6.45) is 4.07. The van der Waals surface area contributed by atoms with Crippen molar-refractivity contribution in [3.8, 4) is 0 Å². The Balaban J connectivity index is 1.74. The molecule has 1 aliphatic rings. The fraction of sp³-hybridized carbons (Fsp3) is 0.300. The van der Waals surface area contributed by atoms with E-state index in [9.17, 15) is 4.79 Å². The smallest absolute Gasteiger partial charge is 0.261 e. The Morgan fingerprint density at radius 1 is 1.37 bits per heavy atom. The van der Waals surface area contributed by atoms with Crippen LogP contribution in [0.15, 0.2) is 51.8 Å². The SMILES string of the molecule is CSc1ccccc1C(=O)N(CC1CCCO1)c1nc2ccc(Br)cc2s1. The topological polar surface area (TPSA) is 42.4 Å². The molecule has 7 heteroatoms. The minimum atomic E-state index is -0.0198. The van der Waals surface area contributed by atoms with Crippen molar-refractivity contribution in [2.45, 2.75) is 23.8 Å². The van der Waals surface area contributed by atoms with Gasteiger partial charge < -0.3 is 4.74 Å². The molecule has 3 aromatic rings. The van der Waals surface area contributed by atoms with Crippen LogP contribution in [0.3, 0.4) is 0 Å². The van der Waals surface area contributed by atoms with Crippen LogP contribution in [0.25, 0.3) is 10.2 Å². The normalized spacial score (nSPS) is 16.7. The van der Waals surface area contributed by atoms with Crippen LogP contribution >= 0.6 is 39.0 Å². The Bertz CT molecular complexity index is 970. The van der Waals surface area contributed by atoms with Crippen LogP contribution in [0.4, 0.5) is 5.13 Å². The number of carbonyl (C=O) groups excluding carboxylic acids is 1. The first-order valence-electron chi connectivity index (χ1n) is 8.78. The summed E-state index contributed by atoms with van der Waals surface area (Å²) in [6.45, 7) is 1.30. The lowest BCUT2D eigenvalue weighted by Gasteiger charge is -2.24. The van der Waals surface area contributed by atoms with Crippen LogP contribution in [0.2, 0.25) is 0 Å². The van der Waals surface area contributed by atoms with Crippen molar-refractivity contribution in [1.82, 2.24) is 4.98 Å². The molecule has 27 heavy (non-hydrogen) atoms. The summed E-state index contributed by atoms with van der Waals surface area (Å²) in [4.78, 5) is 21.0. The minimum Gasteiger partial charge on any atom is -0.376 e. The van der Waals surface area contributed by atoms with E-state index in [0.29, 0.717) is 12.1 Å². The molecule has 1 aromatic heterocycles. The van der Waals surface area contributed by atoms with Crippen molar-refractivity contribution < 1.29 is 9.53 Å². The molecule has 2 aromatic carbocycles. The predicted molar refractivity (Wildman–Crippen MR) is 116 cm³/mol. The van der Waals surface area contributed by atoms with Gasteiger partial charge in [0.25, 0.3) is 5.91 Å². The van der Waals surface area contributed by atoms with Crippen molar-refractivity contribution in [3.05, 3.63) is 52.5 Å². The highest BCUT2D eigenvalue weighted by Crippen LogP contribution is 2.33. The lowest BCUT2D eigenvalue weighted by Crippen LogP contribution is -2.37. The summed E-state index contributed by atoms with van der Waals surface area (Å²) in [7, 11) is 0. The first-order chi connectivity index (χ1) is 13.2. The van der Waals surface area contributed by atoms with E-state index in [-0.39, 0.29) is 12.0 Å². The van der Waals surface area contributed by atoms with Crippen LogP contribution in [0.1, 0.15) is 23.2 Å². The zero-order valence-corrected chi connectivity index (χ0v) is 18.1. The maximum absolute atomic E-state index is 13.5. The number of nitrogens with zero attached hydrogens (tertiary/aromatic N) is 2. The van der Waals surface area contributed by atoms with Crippen LogP contribution in [0.5, 0.6) is 0 Å². The molecule has 0 spiro atoms.